The van der Waals surface area contributed by atoms with Crippen molar-refractivity contribution in [3.8, 4) is 0 Å². The Morgan fingerprint density at radius 2 is 2.07 bits per heavy atom. The standard InChI is InChI=1S/C13H18O2/c1-13(2,15)12(14)8-10-7-9-5-3-4-6-11(9)10/h3-6,10,12,14-15H,7-8H2,1-2H3. The van der Waals surface area contributed by atoms with Crippen LogP contribution in [0.1, 0.15) is 37.3 Å². The summed E-state index contributed by atoms with van der Waals surface area (Å²) in [5.41, 5.74) is 1.72. The molecule has 0 saturated heterocycles. The van der Waals surface area contributed by atoms with Gasteiger partial charge in [-0.25, -0.2) is 0 Å². The Morgan fingerprint density at radius 3 is 2.67 bits per heavy atom. The van der Waals surface area contributed by atoms with Crippen LogP contribution in [-0.2, 0) is 6.42 Å². The monoisotopic (exact) mass is 206 g/mol. The minimum atomic E-state index is -0.996. The lowest BCUT2D eigenvalue weighted by Crippen LogP contribution is -2.38. The smallest absolute Gasteiger partial charge is 0.0849 e. The third-order valence-corrected chi connectivity index (χ3v) is 3.28. The van der Waals surface area contributed by atoms with Crippen LogP contribution in [0.4, 0.5) is 0 Å². The molecular weight excluding hydrogens is 188 g/mol. The van der Waals surface area contributed by atoms with Crippen LogP contribution in [0.3, 0.4) is 0 Å². The SMILES string of the molecule is CC(C)(O)C(O)CC1Cc2ccccc21. The van der Waals surface area contributed by atoms with Crippen LogP contribution in [0.15, 0.2) is 24.3 Å². The molecule has 0 spiro atoms. The quantitative estimate of drug-likeness (QED) is 0.792. The van der Waals surface area contributed by atoms with Gasteiger partial charge in [0.25, 0.3) is 0 Å². The molecule has 1 aliphatic rings. The van der Waals surface area contributed by atoms with Gasteiger partial charge in [0.2, 0.25) is 0 Å². The lowest BCUT2D eigenvalue weighted by molar-refractivity contribution is -0.0551. The molecule has 0 amide bonds. The number of benzene rings is 1. The van der Waals surface area contributed by atoms with Crippen molar-refractivity contribution in [1.29, 1.82) is 0 Å². The zero-order chi connectivity index (χ0) is 11.1. The third-order valence-electron chi connectivity index (χ3n) is 3.28. The largest absolute Gasteiger partial charge is 0.390 e. The Labute approximate surface area is 90.6 Å². The van der Waals surface area contributed by atoms with Gasteiger partial charge in [0.1, 0.15) is 0 Å². The fourth-order valence-electron chi connectivity index (χ4n) is 2.13. The van der Waals surface area contributed by atoms with Gasteiger partial charge in [-0.3, -0.25) is 0 Å². The Kier molecular flexibility index (Phi) is 2.57. The second-order valence-corrected chi connectivity index (χ2v) is 5.01. The van der Waals surface area contributed by atoms with Gasteiger partial charge in [-0.15, -0.1) is 0 Å². The zero-order valence-corrected chi connectivity index (χ0v) is 9.27. The molecule has 1 aliphatic carbocycles. The minimum absolute atomic E-state index is 0.419. The van der Waals surface area contributed by atoms with Gasteiger partial charge in [0, 0.05) is 0 Å². The van der Waals surface area contributed by atoms with Gasteiger partial charge in [-0.1, -0.05) is 24.3 Å². The van der Waals surface area contributed by atoms with Crippen molar-refractivity contribution >= 4 is 0 Å². The van der Waals surface area contributed by atoms with Crippen molar-refractivity contribution in [2.45, 2.75) is 44.3 Å². The Balaban J connectivity index is 2.01. The molecule has 82 valence electrons. The molecule has 0 radical (unpaired) electrons. The molecule has 0 aromatic heterocycles. The number of aliphatic hydroxyl groups excluding tert-OH is 1. The van der Waals surface area contributed by atoms with Crippen molar-refractivity contribution in [1.82, 2.24) is 0 Å². The summed E-state index contributed by atoms with van der Waals surface area (Å²) in [6.45, 7) is 3.31. The molecule has 2 rings (SSSR count). The number of rotatable bonds is 3. The molecule has 0 aliphatic heterocycles. The zero-order valence-electron chi connectivity index (χ0n) is 9.27. The van der Waals surface area contributed by atoms with Crippen molar-refractivity contribution in [2.75, 3.05) is 0 Å². The summed E-state index contributed by atoms with van der Waals surface area (Å²) in [5.74, 6) is 0.419. The molecule has 2 atom stereocenters. The van der Waals surface area contributed by atoms with E-state index in [0.29, 0.717) is 12.3 Å². The van der Waals surface area contributed by atoms with E-state index in [4.69, 9.17) is 0 Å². The normalized spacial score (nSPS) is 21.7. The highest BCUT2D eigenvalue weighted by atomic mass is 16.3. The molecule has 1 aromatic carbocycles. The van der Waals surface area contributed by atoms with Crippen molar-refractivity contribution < 1.29 is 10.2 Å². The van der Waals surface area contributed by atoms with Crippen LogP contribution in [-0.4, -0.2) is 21.9 Å². The summed E-state index contributed by atoms with van der Waals surface area (Å²) >= 11 is 0. The fraction of sp³-hybridized carbons (Fsp3) is 0.538. The van der Waals surface area contributed by atoms with E-state index in [1.165, 1.54) is 11.1 Å². The predicted octanol–water partition coefficient (Wildman–Crippen LogP) is 1.85. The lowest BCUT2D eigenvalue weighted by Gasteiger charge is -2.34. The van der Waals surface area contributed by atoms with Gasteiger partial charge in [0.05, 0.1) is 11.7 Å². The molecule has 0 heterocycles. The summed E-state index contributed by atoms with van der Waals surface area (Å²) in [4.78, 5) is 0. The summed E-state index contributed by atoms with van der Waals surface area (Å²) in [6.07, 6.45) is 1.04. The first-order valence-corrected chi connectivity index (χ1v) is 5.46. The minimum Gasteiger partial charge on any atom is -0.390 e. The Bertz CT molecular complexity index is 352. The highest BCUT2D eigenvalue weighted by Gasteiger charge is 2.32. The predicted molar refractivity (Wildman–Crippen MR) is 59.8 cm³/mol. The second-order valence-electron chi connectivity index (χ2n) is 5.01. The first kappa shape index (κ1) is 10.7. The van der Waals surface area contributed by atoms with E-state index in [1.807, 2.05) is 12.1 Å². The third kappa shape index (κ3) is 2.06. The average molecular weight is 206 g/mol. The molecule has 0 bridgehead atoms. The number of hydrogen-bond acceptors (Lipinski definition) is 2. The van der Waals surface area contributed by atoms with Crippen molar-refractivity contribution in [2.24, 2.45) is 0 Å². The van der Waals surface area contributed by atoms with Crippen LogP contribution < -0.4 is 0 Å². The molecule has 0 fully saturated rings. The molecule has 2 nitrogen and oxygen atoms in total. The second kappa shape index (κ2) is 3.62. The van der Waals surface area contributed by atoms with Gasteiger partial charge >= 0.3 is 0 Å². The summed E-state index contributed by atoms with van der Waals surface area (Å²) in [5, 5.41) is 19.4. The summed E-state index contributed by atoms with van der Waals surface area (Å²) in [7, 11) is 0. The van der Waals surface area contributed by atoms with Crippen LogP contribution in [0.5, 0.6) is 0 Å². The van der Waals surface area contributed by atoms with Crippen molar-refractivity contribution in [3.05, 3.63) is 35.4 Å². The highest BCUT2D eigenvalue weighted by molar-refractivity contribution is 5.39. The highest BCUT2D eigenvalue weighted by Crippen LogP contribution is 2.39. The molecule has 2 unspecified atom stereocenters. The van der Waals surface area contributed by atoms with Crippen LogP contribution in [0.25, 0.3) is 0 Å². The van der Waals surface area contributed by atoms with Gasteiger partial charge in [-0.2, -0.15) is 0 Å². The van der Waals surface area contributed by atoms with Gasteiger partial charge in [0.15, 0.2) is 0 Å². The first-order chi connectivity index (χ1) is 6.98. The Hall–Kier alpha value is -0.860. The van der Waals surface area contributed by atoms with Crippen molar-refractivity contribution in [3.63, 3.8) is 0 Å². The van der Waals surface area contributed by atoms with E-state index < -0.39 is 11.7 Å². The maximum absolute atomic E-state index is 9.80. The summed E-state index contributed by atoms with van der Waals surface area (Å²) in [6, 6.07) is 8.31. The van der Waals surface area contributed by atoms with E-state index in [1.54, 1.807) is 13.8 Å². The van der Waals surface area contributed by atoms with E-state index in [-0.39, 0.29) is 0 Å². The topological polar surface area (TPSA) is 40.5 Å². The van der Waals surface area contributed by atoms with Crippen LogP contribution >= 0.6 is 0 Å². The van der Waals surface area contributed by atoms with Crippen LogP contribution in [0.2, 0.25) is 0 Å². The maximum atomic E-state index is 9.80. The molecule has 0 saturated carbocycles. The van der Waals surface area contributed by atoms with Crippen LogP contribution in [0, 0.1) is 0 Å². The number of fused-ring (bicyclic) bond motifs is 1. The van der Waals surface area contributed by atoms with E-state index in [0.717, 1.165) is 6.42 Å². The Morgan fingerprint density at radius 1 is 1.40 bits per heavy atom. The van der Waals surface area contributed by atoms with E-state index in [9.17, 15) is 10.2 Å². The number of aliphatic hydroxyl groups is 2. The maximum Gasteiger partial charge on any atom is 0.0849 e. The average Bonchev–Trinajstić information content (AvgIpc) is 2.12. The molecule has 2 N–H and O–H groups in total. The van der Waals surface area contributed by atoms with Gasteiger partial charge in [-0.05, 0) is 43.7 Å². The van der Waals surface area contributed by atoms with E-state index in [2.05, 4.69) is 12.1 Å². The number of hydrogen-bond donors (Lipinski definition) is 2. The first-order valence-electron chi connectivity index (χ1n) is 5.46. The fourth-order valence-corrected chi connectivity index (χ4v) is 2.13. The van der Waals surface area contributed by atoms with E-state index >= 15 is 0 Å². The summed E-state index contributed by atoms with van der Waals surface area (Å²) < 4.78 is 0. The molecule has 15 heavy (non-hydrogen) atoms. The molecular formula is C13H18O2. The molecule has 2 heteroatoms. The van der Waals surface area contributed by atoms with Gasteiger partial charge < -0.3 is 10.2 Å². The lowest BCUT2D eigenvalue weighted by atomic mass is 9.73. The molecule has 1 aromatic rings.